The molecule has 1 saturated carbocycles. The number of alkyl carbamates (subject to hydrolysis) is 1. The summed E-state index contributed by atoms with van der Waals surface area (Å²) in [6.45, 7) is 5.28. The molecule has 1 atom stereocenters. The summed E-state index contributed by atoms with van der Waals surface area (Å²) in [4.78, 5) is 23.1. The molecule has 0 bridgehead atoms. The maximum absolute atomic E-state index is 11.5. The highest BCUT2D eigenvalue weighted by Gasteiger charge is 2.39. The number of carbonyl (C=O) groups is 2. The number of alkyl halides is 1. The first-order valence-corrected chi connectivity index (χ1v) is 6.09. The first-order valence-electron chi connectivity index (χ1n) is 5.55. The van der Waals surface area contributed by atoms with Crippen LogP contribution in [0.3, 0.4) is 0 Å². The largest absolute Gasteiger partial charge is 0.448 e. The highest BCUT2D eigenvalue weighted by molar-refractivity contribution is 6.17. The van der Waals surface area contributed by atoms with Gasteiger partial charge in [-0.05, 0) is 39.5 Å². The molecule has 0 aromatic rings. The maximum atomic E-state index is 11.5. The molecular formula is C11H18ClNO4. The summed E-state index contributed by atoms with van der Waals surface area (Å²) in [5.74, 6) is -0.369. The van der Waals surface area contributed by atoms with Crippen LogP contribution in [0.15, 0.2) is 0 Å². The molecule has 1 amide bonds. The number of esters is 1. The van der Waals surface area contributed by atoms with Gasteiger partial charge in [0.05, 0.1) is 0 Å². The van der Waals surface area contributed by atoms with Gasteiger partial charge in [-0.25, -0.2) is 9.59 Å². The van der Waals surface area contributed by atoms with Crippen LogP contribution in [-0.4, -0.2) is 29.8 Å². The number of halogens is 1. The van der Waals surface area contributed by atoms with Crippen molar-refractivity contribution in [3.05, 3.63) is 0 Å². The third kappa shape index (κ3) is 5.26. The van der Waals surface area contributed by atoms with E-state index in [0.29, 0.717) is 0 Å². The third-order valence-corrected chi connectivity index (χ3v) is 2.33. The van der Waals surface area contributed by atoms with Crippen LogP contribution in [0.25, 0.3) is 0 Å². The summed E-state index contributed by atoms with van der Waals surface area (Å²) in [5, 5.41) is 2.53. The summed E-state index contributed by atoms with van der Waals surface area (Å²) in [6, 6.07) is -0.860. The molecule has 0 heterocycles. The monoisotopic (exact) mass is 263 g/mol. The number of hydrogen-bond donors (Lipinski definition) is 1. The highest BCUT2D eigenvalue weighted by atomic mass is 35.5. The number of carbonyl (C=O) groups excluding carboxylic acids is 2. The average molecular weight is 264 g/mol. The molecule has 0 unspecified atom stereocenters. The lowest BCUT2D eigenvalue weighted by Gasteiger charge is -2.22. The van der Waals surface area contributed by atoms with E-state index in [1.165, 1.54) is 0 Å². The predicted octanol–water partition coefficient (Wildman–Crippen LogP) is 2.03. The molecule has 6 heteroatoms. The van der Waals surface area contributed by atoms with Gasteiger partial charge in [-0.2, -0.15) is 0 Å². The smallest absolute Gasteiger partial charge is 0.408 e. The lowest BCUT2D eigenvalue weighted by molar-refractivity contribution is -0.144. The third-order valence-electron chi connectivity index (χ3n) is 2.22. The fourth-order valence-electron chi connectivity index (χ4n) is 1.38. The lowest BCUT2D eigenvalue weighted by Crippen LogP contribution is -2.45. The zero-order chi connectivity index (χ0) is 13.1. The Morgan fingerprint density at radius 3 is 2.41 bits per heavy atom. The molecule has 0 aliphatic heterocycles. The minimum Gasteiger partial charge on any atom is -0.448 e. The second-order valence-electron chi connectivity index (χ2n) is 5.03. The topological polar surface area (TPSA) is 64.6 Å². The van der Waals surface area contributed by atoms with E-state index in [4.69, 9.17) is 21.1 Å². The number of rotatable bonds is 4. The highest BCUT2D eigenvalue weighted by Crippen LogP contribution is 2.33. The zero-order valence-corrected chi connectivity index (χ0v) is 11.0. The van der Waals surface area contributed by atoms with Gasteiger partial charge in [0, 0.05) is 0 Å². The molecule has 5 nitrogen and oxygen atoms in total. The van der Waals surface area contributed by atoms with Gasteiger partial charge in [0.15, 0.2) is 6.07 Å². The molecule has 0 spiro atoms. The summed E-state index contributed by atoms with van der Waals surface area (Å²) in [5.41, 5.74) is -0.589. The van der Waals surface area contributed by atoms with Crippen LogP contribution >= 0.6 is 11.6 Å². The van der Waals surface area contributed by atoms with E-state index in [2.05, 4.69) is 5.32 Å². The Hall–Kier alpha value is -0.970. The number of ether oxygens (including phenoxy) is 2. The summed E-state index contributed by atoms with van der Waals surface area (Å²) < 4.78 is 9.78. The molecular weight excluding hydrogens is 246 g/mol. The van der Waals surface area contributed by atoms with Crippen molar-refractivity contribution in [1.29, 1.82) is 0 Å². The van der Waals surface area contributed by atoms with Crippen LogP contribution < -0.4 is 5.32 Å². The summed E-state index contributed by atoms with van der Waals surface area (Å²) >= 11 is 5.32. The fraction of sp³-hybridized carbons (Fsp3) is 0.818. The first kappa shape index (κ1) is 14.1. The Bertz CT molecular complexity index is 296. The first-order chi connectivity index (χ1) is 7.83. The fourth-order valence-corrected chi connectivity index (χ4v) is 1.48. The molecule has 0 radical (unpaired) electrons. The Morgan fingerprint density at radius 2 is 2.00 bits per heavy atom. The van der Waals surface area contributed by atoms with Crippen molar-refractivity contribution in [1.82, 2.24) is 5.32 Å². The van der Waals surface area contributed by atoms with Gasteiger partial charge in [-0.1, -0.05) is 11.6 Å². The summed E-state index contributed by atoms with van der Waals surface area (Å²) in [7, 11) is 0. The van der Waals surface area contributed by atoms with Gasteiger partial charge in [-0.15, -0.1) is 0 Å². The minimum atomic E-state index is -0.649. The predicted molar refractivity (Wildman–Crippen MR) is 62.7 cm³/mol. The van der Waals surface area contributed by atoms with E-state index >= 15 is 0 Å². The van der Waals surface area contributed by atoms with Gasteiger partial charge >= 0.3 is 12.1 Å². The Kier molecular flexibility index (Phi) is 4.62. The van der Waals surface area contributed by atoms with Gasteiger partial charge < -0.3 is 14.8 Å². The van der Waals surface area contributed by atoms with E-state index in [1.54, 1.807) is 20.8 Å². The Labute approximate surface area is 106 Å². The summed E-state index contributed by atoms with van der Waals surface area (Å²) in [6.07, 6.45) is 1.19. The lowest BCUT2D eigenvalue weighted by atomic mass is 10.2. The minimum absolute atomic E-state index is 0.137. The van der Waals surface area contributed by atoms with Crippen LogP contribution in [-0.2, 0) is 14.3 Å². The second-order valence-corrected chi connectivity index (χ2v) is 5.25. The van der Waals surface area contributed by atoms with Crippen molar-refractivity contribution in [2.45, 2.75) is 45.3 Å². The molecule has 17 heavy (non-hydrogen) atoms. The van der Waals surface area contributed by atoms with Crippen molar-refractivity contribution >= 4 is 23.7 Å². The standard InChI is InChI=1S/C11H18ClNO4/c1-11(2,3)17-10(15)13-8(7-4-5-7)9(14)16-6-12/h7-8H,4-6H2,1-3H3,(H,13,15)/t8-/m1/s1. The second kappa shape index (κ2) is 5.58. The molecule has 98 valence electrons. The number of nitrogens with one attached hydrogen (secondary N) is 1. The average Bonchev–Trinajstić information content (AvgIpc) is 2.94. The van der Waals surface area contributed by atoms with Gasteiger partial charge in [-0.3, -0.25) is 0 Å². The van der Waals surface area contributed by atoms with Crippen molar-refractivity contribution in [3.8, 4) is 0 Å². The van der Waals surface area contributed by atoms with Crippen molar-refractivity contribution in [2.24, 2.45) is 5.92 Å². The van der Waals surface area contributed by atoms with Crippen LogP contribution in [0.5, 0.6) is 0 Å². The van der Waals surface area contributed by atoms with Crippen LogP contribution in [0.2, 0.25) is 0 Å². The van der Waals surface area contributed by atoms with Gasteiger partial charge in [0.25, 0.3) is 0 Å². The van der Waals surface area contributed by atoms with E-state index in [9.17, 15) is 9.59 Å². The van der Waals surface area contributed by atoms with Crippen LogP contribution in [0.1, 0.15) is 33.6 Å². The van der Waals surface area contributed by atoms with Crippen LogP contribution in [0.4, 0.5) is 4.79 Å². The number of amides is 1. The molecule has 0 aromatic heterocycles. The molecule has 1 rings (SSSR count). The molecule has 0 saturated heterocycles. The Morgan fingerprint density at radius 1 is 1.41 bits per heavy atom. The van der Waals surface area contributed by atoms with E-state index in [-0.39, 0.29) is 12.0 Å². The SMILES string of the molecule is CC(C)(C)OC(=O)N[C@@H](C(=O)OCCl)C1CC1. The van der Waals surface area contributed by atoms with Crippen molar-refractivity contribution in [3.63, 3.8) is 0 Å². The Balaban J connectivity index is 2.49. The van der Waals surface area contributed by atoms with E-state index in [0.717, 1.165) is 12.8 Å². The van der Waals surface area contributed by atoms with Gasteiger partial charge in [0.2, 0.25) is 0 Å². The maximum Gasteiger partial charge on any atom is 0.408 e. The molecule has 1 fully saturated rings. The molecule has 1 aliphatic rings. The molecule has 1 aliphatic carbocycles. The molecule has 1 N–H and O–H groups in total. The van der Waals surface area contributed by atoms with Crippen LogP contribution in [0, 0.1) is 5.92 Å². The van der Waals surface area contributed by atoms with Gasteiger partial charge in [0.1, 0.15) is 11.6 Å². The molecule has 0 aromatic carbocycles. The quantitative estimate of drug-likeness (QED) is 0.623. The van der Waals surface area contributed by atoms with E-state index in [1.807, 2.05) is 0 Å². The zero-order valence-electron chi connectivity index (χ0n) is 10.3. The normalized spacial score (nSPS) is 17.2. The number of hydrogen-bond acceptors (Lipinski definition) is 4. The van der Waals surface area contributed by atoms with Crippen molar-refractivity contribution in [2.75, 3.05) is 6.07 Å². The van der Waals surface area contributed by atoms with Crippen molar-refractivity contribution < 1.29 is 19.1 Å². The van der Waals surface area contributed by atoms with E-state index < -0.39 is 23.7 Å².